The summed E-state index contributed by atoms with van der Waals surface area (Å²) in [6.45, 7) is 2.08. The number of halogens is 6. The minimum absolute atomic E-state index is 0.568. The van der Waals surface area contributed by atoms with Gasteiger partial charge in [-0.05, 0) is 20.9 Å². The van der Waals surface area contributed by atoms with E-state index in [9.17, 15) is 31.1 Å². The summed E-state index contributed by atoms with van der Waals surface area (Å²) in [5.41, 5.74) is -1.69. The highest BCUT2D eigenvalue weighted by atomic mass is 19.4. The summed E-state index contributed by atoms with van der Waals surface area (Å²) in [6, 6.07) is 0. The largest absolute Gasteiger partial charge is 0.480 e. The zero-order chi connectivity index (χ0) is 16.4. The summed E-state index contributed by atoms with van der Waals surface area (Å²) in [5.74, 6) is -1.41. The molecule has 10 heteroatoms. The number of nitrogens with one attached hydrogen (secondary N) is 1. The molecule has 0 aromatic heterocycles. The van der Waals surface area contributed by atoms with Gasteiger partial charge in [-0.25, -0.2) is 0 Å². The Hall–Kier alpha value is -1.03. The van der Waals surface area contributed by atoms with Crippen LogP contribution in [0.4, 0.5) is 26.3 Å². The first-order valence-electron chi connectivity index (χ1n) is 5.45. The Kier molecular flexibility index (Phi) is 5.85. The van der Waals surface area contributed by atoms with Gasteiger partial charge in [0.2, 0.25) is 6.10 Å². The number of likely N-dealkylation sites (N-methyl/N-ethyl adjacent to an activating group) is 1. The molecule has 2 N–H and O–H groups in total. The second kappa shape index (κ2) is 6.17. The number of carboxylic acid groups (broad SMARTS) is 1. The van der Waals surface area contributed by atoms with E-state index >= 15 is 0 Å². The highest BCUT2D eigenvalue weighted by molar-refractivity contribution is 5.78. The van der Waals surface area contributed by atoms with Crippen LogP contribution in [0.15, 0.2) is 0 Å². The number of hydrogen-bond acceptors (Lipinski definition) is 3. The molecule has 2 unspecified atom stereocenters. The monoisotopic (exact) mass is 311 g/mol. The summed E-state index contributed by atoms with van der Waals surface area (Å²) in [4.78, 5) is 10.9. The van der Waals surface area contributed by atoms with E-state index in [0.29, 0.717) is 0 Å². The molecule has 0 aromatic rings. The van der Waals surface area contributed by atoms with Gasteiger partial charge < -0.3 is 15.2 Å². The van der Waals surface area contributed by atoms with Crippen molar-refractivity contribution in [1.29, 1.82) is 0 Å². The van der Waals surface area contributed by atoms with Gasteiger partial charge in [-0.2, -0.15) is 26.3 Å². The molecule has 0 aliphatic carbocycles. The molecule has 2 atom stereocenters. The smallest absolute Gasteiger partial charge is 0.423 e. The van der Waals surface area contributed by atoms with Crippen molar-refractivity contribution in [2.45, 2.75) is 50.4 Å². The fraction of sp³-hybridized carbons (Fsp3) is 0.900. The molecule has 0 fully saturated rings. The van der Waals surface area contributed by atoms with Gasteiger partial charge in [0.15, 0.2) is 0 Å². The first-order chi connectivity index (χ1) is 8.74. The van der Waals surface area contributed by atoms with E-state index in [-0.39, 0.29) is 0 Å². The van der Waals surface area contributed by atoms with Crippen LogP contribution in [0.5, 0.6) is 0 Å². The van der Waals surface area contributed by atoms with E-state index in [4.69, 9.17) is 5.11 Å². The van der Waals surface area contributed by atoms with Gasteiger partial charge in [-0.15, -0.1) is 0 Å². The maximum Gasteiger partial charge on any atom is 0.423 e. The Balaban J connectivity index is 4.96. The molecule has 120 valence electrons. The Morgan fingerprint density at radius 1 is 1.20 bits per heavy atom. The summed E-state index contributed by atoms with van der Waals surface area (Å²) in [7, 11) is 1.23. The van der Waals surface area contributed by atoms with Gasteiger partial charge >= 0.3 is 18.3 Å². The molecular formula is C10H15F6NO3. The highest BCUT2D eigenvalue weighted by Gasteiger charge is 2.58. The first-order valence-corrected chi connectivity index (χ1v) is 5.45. The zero-order valence-electron chi connectivity index (χ0n) is 10.9. The minimum atomic E-state index is -5.62. The number of hydrogen-bond donors (Lipinski definition) is 2. The molecule has 0 amide bonds. The molecule has 0 aromatic carbocycles. The van der Waals surface area contributed by atoms with Crippen molar-refractivity contribution >= 4 is 5.97 Å². The molecule has 0 radical (unpaired) electrons. The predicted octanol–water partition coefficient (Wildman–Crippen LogP) is 2.34. The van der Waals surface area contributed by atoms with Crippen molar-refractivity contribution in [2.24, 2.45) is 0 Å². The van der Waals surface area contributed by atoms with Crippen molar-refractivity contribution < 1.29 is 41.0 Å². The van der Waals surface area contributed by atoms with Crippen LogP contribution in [0.3, 0.4) is 0 Å². The molecule has 4 nitrogen and oxygen atoms in total. The quantitative estimate of drug-likeness (QED) is 0.739. The fourth-order valence-corrected chi connectivity index (χ4v) is 1.49. The Labute approximate surface area is 111 Å². The molecule has 20 heavy (non-hydrogen) atoms. The highest BCUT2D eigenvalue weighted by Crippen LogP contribution is 2.37. The molecule has 0 aliphatic rings. The van der Waals surface area contributed by atoms with E-state index < -0.39 is 42.5 Å². The zero-order valence-corrected chi connectivity index (χ0v) is 10.9. The van der Waals surface area contributed by atoms with Crippen molar-refractivity contribution in [3.8, 4) is 0 Å². The summed E-state index contributed by atoms with van der Waals surface area (Å²) in [5, 5.41) is 11.2. The summed E-state index contributed by atoms with van der Waals surface area (Å²) >= 11 is 0. The van der Waals surface area contributed by atoms with Crippen molar-refractivity contribution in [3.05, 3.63) is 0 Å². The molecule has 0 saturated carbocycles. The van der Waals surface area contributed by atoms with Gasteiger partial charge in [0.25, 0.3) is 0 Å². The third-order valence-corrected chi connectivity index (χ3v) is 2.68. The lowest BCUT2D eigenvalue weighted by Gasteiger charge is -2.31. The number of ether oxygens (including phenoxy) is 1. The molecule has 0 aliphatic heterocycles. The van der Waals surface area contributed by atoms with Gasteiger partial charge in [-0.3, -0.25) is 4.79 Å². The average molecular weight is 311 g/mol. The first kappa shape index (κ1) is 19.0. The van der Waals surface area contributed by atoms with E-state index in [2.05, 4.69) is 10.1 Å². The maximum absolute atomic E-state index is 12.3. The molecule has 0 rings (SSSR count). The van der Waals surface area contributed by atoms with Gasteiger partial charge in [0.05, 0.1) is 6.10 Å². The lowest BCUT2D eigenvalue weighted by molar-refractivity contribution is -0.330. The molecule has 0 spiro atoms. The third kappa shape index (κ3) is 5.16. The van der Waals surface area contributed by atoms with Crippen molar-refractivity contribution in [1.82, 2.24) is 5.32 Å². The maximum atomic E-state index is 12.3. The average Bonchev–Trinajstić information content (AvgIpc) is 2.22. The van der Waals surface area contributed by atoms with Crippen molar-refractivity contribution in [2.75, 3.05) is 7.05 Å². The summed E-state index contributed by atoms with van der Waals surface area (Å²) < 4.78 is 77.6. The second-order valence-electron chi connectivity index (χ2n) is 4.50. The Bertz CT molecular complexity index is 329. The van der Waals surface area contributed by atoms with Crippen LogP contribution in [-0.4, -0.2) is 48.2 Å². The minimum Gasteiger partial charge on any atom is -0.480 e. The van der Waals surface area contributed by atoms with Crippen LogP contribution in [0.2, 0.25) is 0 Å². The number of aliphatic carboxylic acids is 1. The van der Waals surface area contributed by atoms with E-state index in [0.717, 1.165) is 13.8 Å². The number of carbonyl (C=O) groups is 1. The fourth-order valence-electron chi connectivity index (χ4n) is 1.49. The van der Waals surface area contributed by atoms with E-state index in [1.54, 1.807) is 0 Å². The van der Waals surface area contributed by atoms with Crippen LogP contribution >= 0.6 is 0 Å². The predicted molar refractivity (Wildman–Crippen MR) is 56.2 cm³/mol. The summed E-state index contributed by atoms with van der Waals surface area (Å²) in [6.07, 6.45) is -17.3. The molecule has 0 saturated heterocycles. The van der Waals surface area contributed by atoms with Gasteiger partial charge in [0, 0.05) is 6.42 Å². The van der Waals surface area contributed by atoms with Crippen LogP contribution < -0.4 is 5.32 Å². The lowest BCUT2D eigenvalue weighted by atomic mass is 9.95. The van der Waals surface area contributed by atoms with E-state index in [1.807, 2.05) is 0 Å². The third-order valence-electron chi connectivity index (χ3n) is 2.68. The normalized spacial score (nSPS) is 17.9. The van der Waals surface area contributed by atoms with Crippen molar-refractivity contribution in [3.63, 3.8) is 0 Å². The van der Waals surface area contributed by atoms with Crippen LogP contribution in [0.1, 0.15) is 20.3 Å². The molecule has 0 bridgehead atoms. The number of alkyl halides is 6. The molecule has 0 heterocycles. The number of rotatable bonds is 6. The van der Waals surface area contributed by atoms with Crippen LogP contribution in [0, 0.1) is 0 Å². The Morgan fingerprint density at radius 2 is 1.60 bits per heavy atom. The van der Waals surface area contributed by atoms with Gasteiger partial charge in [-0.1, -0.05) is 0 Å². The number of carboxylic acids is 1. The SMILES string of the molecule is CNC(C)(CC(C)OC(C(F)(F)F)C(F)(F)F)C(=O)O. The van der Waals surface area contributed by atoms with Crippen LogP contribution in [0.25, 0.3) is 0 Å². The van der Waals surface area contributed by atoms with Crippen LogP contribution in [-0.2, 0) is 9.53 Å². The molecular weight excluding hydrogens is 296 g/mol. The lowest BCUT2D eigenvalue weighted by Crippen LogP contribution is -2.52. The second-order valence-corrected chi connectivity index (χ2v) is 4.50. The topological polar surface area (TPSA) is 58.6 Å². The Morgan fingerprint density at radius 3 is 1.85 bits per heavy atom. The van der Waals surface area contributed by atoms with Gasteiger partial charge in [0.1, 0.15) is 5.54 Å². The standard InChI is InChI=1S/C10H15F6NO3/c1-5(4-8(2,17-3)7(18)19)20-6(9(11,12)13)10(14,15)16/h5-6,17H,4H2,1-3H3,(H,18,19). The van der Waals surface area contributed by atoms with E-state index in [1.165, 1.54) is 7.05 Å².